The van der Waals surface area contributed by atoms with E-state index in [0.29, 0.717) is 23.5 Å². The molecule has 162 valence electrons. The molecule has 31 heavy (non-hydrogen) atoms. The number of nitrogens with zero attached hydrogens (tertiary/aromatic N) is 3. The molecule has 0 radical (unpaired) electrons. The highest BCUT2D eigenvalue weighted by Gasteiger charge is 2.22. The molecule has 2 aromatic carbocycles. The van der Waals surface area contributed by atoms with Crippen LogP contribution in [0.5, 0.6) is 5.75 Å². The van der Waals surface area contributed by atoms with E-state index >= 15 is 0 Å². The number of nitro groups is 1. The fourth-order valence-electron chi connectivity index (χ4n) is 3.59. The van der Waals surface area contributed by atoms with Crippen molar-refractivity contribution >= 4 is 11.6 Å². The van der Waals surface area contributed by atoms with Gasteiger partial charge in [-0.2, -0.15) is 5.10 Å². The van der Waals surface area contributed by atoms with Gasteiger partial charge in [-0.05, 0) is 51.5 Å². The lowest BCUT2D eigenvalue weighted by Crippen LogP contribution is -2.27. The van der Waals surface area contributed by atoms with Crippen LogP contribution in [0.1, 0.15) is 51.4 Å². The molecule has 1 heterocycles. The molecule has 0 bridgehead atoms. The number of hydrogen-bond donors (Lipinski definition) is 1. The maximum atomic E-state index is 12.7. The number of aromatic nitrogens is 2. The molecule has 0 aliphatic heterocycles. The maximum absolute atomic E-state index is 12.7. The zero-order valence-corrected chi connectivity index (χ0v) is 18.3. The SMILES string of the molecule is COc1ccc(C)cc1[C@@H](C)NC(=O)c1ccc(Cn2nc(C)c([N+](=O)[O-])c2C)cc1. The van der Waals surface area contributed by atoms with Crippen LogP contribution in [0.2, 0.25) is 0 Å². The van der Waals surface area contributed by atoms with E-state index in [1.165, 1.54) is 0 Å². The van der Waals surface area contributed by atoms with Gasteiger partial charge in [-0.25, -0.2) is 0 Å². The van der Waals surface area contributed by atoms with Crippen molar-refractivity contribution in [3.8, 4) is 5.75 Å². The third-order valence-corrected chi connectivity index (χ3v) is 5.27. The highest BCUT2D eigenvalue weighted by atomic mass is 16.6. The Morgan fingerprint density at radius 1 is 1.19 bits per heavy atom. The number of amides is 1. The molecule has 1 amide bonds. The van der Waals surface area contributed by atoms with E-state index in [1.807, 2.05) is 44.2 Å². The number of carbonyl (C=O) groups is 1. The molecule has 0 fully saturated rings. The van der Waals surface area contributed by atoms with Gasteiger partial charge in [-0.3, -0.25) is 19.6 Å². The van der Waals surface area contributed by atoms with Crippen LogP contribution in [0, 0.1) is 30.9 Å². The summed E-state index contributed by atoms with van der Waals surface area (Å²) in [6.07, 6.45) is 0. The highest BCUT2D eigenvalue weighted by Crippen LogP contribution is 2.26. The van der Waals surface area contributed by atoms with E-state index < -0.39 is 4.92 Å². The molecule has 3 rings (SSSR count). The number of carbonyl (C=O) groups excluding carboxylic acids is 1. The summed E-state index contributed by atoms with van der Waals surface area (Å²) in [4.78, 5) is 23.5. The molecule has 0 aliphatic rings. The summed E-state index contributed by atoms with van der Waals surface area (Å²) >= 11 is 0. The second-order valence-corrected chi connectivity index (χ2v) is 7.57. The Morgan fingerprint density at radius 3 is 2.45 bits per heavy atom. The first kappa shape index (κ1) is 22.0. The average molecular weight is 422 g/mol. The molecule has 0 spiro atoms. The van der Waals surface area contributed by atoms with Crippen molar-refractivity contribution in [2.75, 3.05) is 7.11 Å². The van der Waals surface area contributed by atoms with E-state index in [1.54, 1.807) is 37.8 Å². The first-order valence-electron chi connectivity index (χ1n) is 9.94. The van der Waals surface area contributed by atoms with Gasteiger partial charge in [0.2, 0.25) is 0 Å². The van der Waals surface area contributed by atoms with E-state index in [9.17, 15) is 14.9 Å². The van der Waals surface area contributed by atoms with Crippen LogP contribution in [0.3, 0.4) is 0 Å². The van der Waals surface area contributed by atoms with Gasteiger partial charge in [0.05, 0.1) is 24.6 Å². The normalized spacial score (nSPS) is 11.8. The van der Waals surface area contributed by atoms with Crippen molar-refractivity contribution in [2.24, 2.45) is 0 Å². The Morgan fingerprint density at radius 2 is 1.87 bits per heavy atom. The van der Waals surface area contributed by atoms with Crippen molar-refractivity contribution in [2.45, 2.75) is 40.3 Å². The largest absolute Gasteiger partial charge is 0.496 e. The minimum atomic E-state index is -0.411. The van der Waals surface area contributed by atoms with Crippen LogP contribution in [0.25, 0.3) is 0 Å². The Labute approximate surface area is 181 Å². The molecule has 8 heteroatoms. The number of hydrogen-bond acceptors (Lipinski definition) is 5. The van der Waals surface area contributed by atoms with Crippen LogP contribution in [0.15, 0.2) is 42.5 Å². The van der Waals surface area contributed by atoms with E-state index in [0.717, 1.165) is 22.4 Å². The summed E-state index contributed by atoms with van der Waals surface area (Å²) in [5.41, 5.74) is 4.36. The standard InChI is InChI=1S/C23H26N4O4/c1-14-6-11-21(31-5)20(12-14)15(2)24-23(28)19-9-7-18(8-10-19)13-26-17(4)22(27(29)30)16(3)25-26/h6-12,15H,13H2,1-5H3,(H,24,28)/t15-/m1/s1. The van der Waals surface area contributed by atoms with Crippen LogP contribution < -0.4 is 10.1 Å². The molecule has 0 aliphatic carbocycles. The molecule has 3 aromatic rings. The van der Waals surface area contributed by atoms with Crippen molar-refractivity contribution < 1.29 is 14.5 Å². The molecule has 1 atom stereocenters. The fraction of sp³-hybridized carbons (Fsp3) is 0.304. The Bertz CT molecular complexity index is 1120. The zero-order valence-electron chi connectivity index (χ0n) is 18.3. The van der Waals surface area contributed by atoms with Crippen molar-refractivity contribution in [1.29, 1.82) is 0 Å². The summed E-state index contributed by atoms with van der Waals surface area (Å²) in [5.74, 6) is 0.539. The Kier molecular flexibility index (Phi) is 6.39. The van der Waals surface area contributed by atoms with Crippen molar-refractivity contribution in [3.63, 3.8) is 0 Å². The molecule has 0 saturated heterocycles. The van der Waals surface area contributed by atoms with Crippen LogP contribution >= 0.6 is 0 Å². The molecule has 1 N–H and O–H groups in total. The molecule has 1 aromatic heterocycles. The maximum Gasteiger partial charge on any atom is 0.312 e. The van der Waals surface area contributed by atoms with Crippen LogP contribution in [0.4, 0.5) is 5.69 Å². The average Bonchev–Trinajstić information content (AvgIpc) is 3.01. The minimum Gasteiger partial charge on any atom is -0.496 e. The number of rotatable bonds is 7. The summed E-state index contributed by atoms with van der Waals surface area (Å²) < 4.78 is 7.02. The molecule has 0 unspecified atom stereocenters. The Balaban J connectivity index is 1.72. The van der Waals surface area contributed by atoms with E-state index in [-0.39, 0.29) is 17.6 Å². The second kappa shape index (κ2) is 8.99. The smallest absolute Gasteiger partial charge is 0.312 e. The minimum absolute atomic E-state index is 0.0385. The fourth-order valence-corrected chi connectivity index (χ4v) is 3.59. The van der Waals surface area contributed by atoms with Crippen LogP contribution in [-0.4, -0.2) is 27.7 Å². The molecular weight excluding hydrogens is 396 g/mol. The molecule has 8 nitrogen and oxygen atoms in total. The lowest BCUT2D eigenvalue weighted by molar-refractivity contribution is -0.386. The van der Waals surface area contributed by atoms with E-state index in [4.69, 9.17) is 4.74 Å². The summed E-state index contributed by atoms with van der Waals surface area (Å²) in [6.45, 7) is 7.60. The number of methoxy groups -OCH3 is 1. The van der Waals surface area contributed by atoms with Crippen molar-refractivity contribution in [3.05, 3.63) is 86.2 Å². The van der Waals surface area contributed by atoms with Gasteiger partial charge in [0, 0.05) is 11.1 Å². The monoisotopic (exact) mass is 422 g/mol. The second-order valence-electron chi connectivity index (χ2n) is 7.57. The summed E-state index contributed by atoms with van der Waals surface area (Å²) in [5, 5.41) is 18.4. The predicted octanol–water partition coefficient (Wildman–Crippen LogP) is 4.26. The Hall–Kier alpha value is -3.68. The van der Waals surface area contributed by atoms with Gasteiger partial charge in [0.25, 0.3) is 5.91 Å². The first-order valence-corrected chi connectivity index (χ1v) is 9.94. The van der Waals surface area contributed by atoms with Crippen molar-refractivity contribution in [1.82, 2.24) is 15.1 Å². The lowest BCUT2D eigenvalue weighted by atomic mass is 10.0. The van der Waals surface area contributed by atoms with Gasteiger partial charge in [-0.15, -0.1) is 0 Å². The number of nitrogens with one attached hydrogen (secondary N) is 1. The van der Waals surface area contributed by atoms with Gasteiger partial charge < -0.3 is 10.1 Å². The summed E-state index contributed by atoms with van der Waals surface area (Å²) in [6, 6.07) is 12.8. The number of benzene rings is 2. The van der Waals surface area contributed by atoms with Gasteiger partial charge in [0.1, 0.15) is 17.1 Å². The first-order chi connectivity index (χ1) is 14.7. The molecular formula is C23H26N4O4. The van der Waals surface area contributed by atoms with E-state index in [2.05, 4.69) is 10.4 Å². The molecule has 0 saturated carbocycles. The number of aryl methyl sites for hydroxylation is 2. The highest BCUT2D eigenvalue weighted by molar-refractivity contribution is 5.94. The summed E-state index contributed by atoms with van der Waals surface area (Å²) in [7, 11) is 1.61. The third-order valence-electron chi connectivity index (χ3n) is 5.27. The quantitative estimate of drug-likeness (QED) is 0.453. The van der Waals surface area contributed by atoms with Crippen LogP contribution in [-0.2, 0) is 6.54 Å². The van der Waals surface area contributed by atoms with Gasteiger partial charge in [-0.1, -0.05) is 29.8 Å². The lowest BCUT2D eigenvalue weighted by Gasteiger charge is -2.18. The topological polar surface area (TPSA) is 99.3 Å². The van der Waals surface area contributed by atoms with Gasteiger partial charge in [0.15, 0.2) is 0 Å². The zero-order chi connectivity index (χ0) is 22.7. The number of ether oxygens (including phenoxy) is 1. The predicted molar refractivity (Wildman–Crippen MR) is 118 cm³/mol. The van der Waals surface area contributed by atoms with Gasteiger partial charge >= 0.3 is 5.69 Å². The third kappa shape index (κ3) is 4.74.